The number of fused-ring (bicyclic) bond motifs is 1. The number of halogens is 1. The topological polar surface area (TPSA) is 178 Å². The molecule has 15 heteroatoms. The number of carbonyl (C=O) groups excluding carboxylic acids is 2. The standard InChI is InChI=1S/C20H20FN5O8S/c1-8(27)32-6-13-14(21)15(33-9(2)28)17(34-13)26-16-12(4-23-19(22)24-16)25(20(26)31)5-11-3-10(7-35-11)18(29)30/h3-4,7,13-15,17H,5-6H2,1-2H3,(H,29,30)(H2,22,23,24)/t13-,14-,15-,17-/m1/s1. The highest BCUT2D eigenvalue weighted by Crippen LogP contribution is 2.35. The molecule has 0 bridgehead atoms. The van der Waals surface area contributed by atoms with Gasteiger partial charge in [-0.1, -0.05) is 0 Å². The molecule has 3 N–H and O–H groups in total. The fraction of sp³-hybridized carbons (Fsp3) is 0.400. The van der Waals surface area contributed by atoms with Crippen LogP contribution >= 0.6 is 11.3 Å². The first kappa shape index (κ1) is 24.3. The number of carboxylic acids is 1. The molecule has 186 valence electrons. The molecule has 4 rings (SSSR count). The highest BCUT2D eigenvalue weighted by atomic mass is 32.1. The van der Waals surface area contributed by atoms with Crippen molar-refractivity contribution in [3.05, 3.63) is 38.6 Å². The van der Waals surface area contributed by atoms with Gasteiger partial charge in [0, 0.05) is 24.1 Å². The summed E-state index contributed by atoms with van der Waals surface area (Å²) in [4.78, 5) is 56.2. The number of aromatic nitrogens is 4. The van der Waals surface area contributed by atoms with Gasteiger partial charge in [0.2, 0.25) is 5.95 Å². The highest BCUT2D eigenvalue weighted by Gasteiger charge is 2.50. The molecule has 0 amide bonds. The first-order valence-corrected chi connectivity index (χ1v) is 11.1. The monoisotopic (exact) mass is 509 g/mol. The van der Waals surface area contributed by atoms with Gasteiger partial charge in [0.25, 0.3) is 0 Å². The lowest BCUT2D eigenvalue weighted by Crippen LogP contribution is -2.37. The second-order valence-electron chi connectivity index (χ2n) is 7.67. The summed E-state index contributed by atoms with van der Waals surface area (Å²) in [6.45, 7) is 1.70. The molecule has 35 heavy (non-hydrogen) atoms. The normalized spacial score (nSPS) is 21.8. The Labute approximate surface area is 199 Å². The summed E-state index contributed by atoms with van der Waals surface area (Å²) in [5.74, 6) is -2.78. The van der Waals surface area contributed by atoms with Crippen LogP contribution in [0, 0.1) is 0 Å². The van der Waals surface area contributed by atoms with Gasteiger partial charge in [-0.3, -0.25) is 14.2 Å². The lowest BCUT2D eigenvalue weighted by atomic mass is 10.1. The zero-order valence-electron chi connectivity index (χ0n) is 18.4. The smallest absolute Gasteiger partial charge is 0.336 e. The first-order valence-electron chi connectivity index (χ1n) is 10.2. The van der Waals surface area contributed by atoms with E-state index in [2.05, 4.69) is 9.97 Å². The Morgan fingerprint density at radius 2 is 2.06 bits per heavy atom. The number of hydrogen-bond donors (Lipinski definition) is 2. The summed E-state index contributed by atoms with van der Waals surface area (Å²) >= 11 is 1.13. The number of imidazole rings is 1. The van der Waals surface area contributed by atoms with E-state index in [4.69, 9.17) is 19.9 Å². The largest absolute Gasteiger partial charge is 0.478 e. The molecule has 0 unspecified atom stereocenters. The van der Waals surface area contributed by atoms with Crippen molar-refractivity contribution < 1.29 is 38.1 Å². The van der Waals surface area contributed by atoms with Gasteiger partial charge < -0.3 is 25.1 Å². The molecule has 1 aliphatic heterocycles. The van der Waals surface area contributed by atoms with Crippen LogP contribution in [0.25, 0.3) is 11.2 Å². The Kier molecular flexibility index (Phi) is 6.53. The van der Waals surface area contributed by atoms with Crippen LogP contribution in [-0.2, 0) is 30.3 Å². The van der Waals surface area contributed by atoms with Crippen molar-refractivity contribution in [3.63, 3.8) is 0 Å². The van der Waals surface area contributed by atoms with Crippen LogP contribution in [0.5, 0.6) is 0 Å². The molecule has 13 nitrogen and oxygen atoms in total. The molecule has 0 aliphatic carbocycles. The van der Waals surface area contributed by atoms with Gasteiger partial charge in [-0.05, 0) is 6.07 Å². The maximum absolute atomic E-state index is 15.2. The Balaban J connectivity index is 1.80. The minimum absolute atomic E-state index is 0.0139. The van der Waals surface area contributed by atoms with Crippen LogP contribution in [0.1, 0.15) is 35.3 Å². The molecule has 0 saturated carbocycles. The SMILES string of the molecule is CC(=O)OC[C@H]1O[C@@H](n2c(=O)n(Cc3cc(C(=O)O)cs3)c3cnc(N)nc32)[C@H](OC(C)=O)[C@@H]1F. The first-order chi connectivity index (χ1) is 16.6. The number of alkyl halides is 1. The third-order valence-corrected chi connectivity index (χ3v) is 6.13. The number of carbonyl (C=O) groups is 3. The predicted molar refractivity (Wildman–Crippen MR) is 118 cm³/mol. The van der Waals surface area contributed by atoms with Crippen molar-refractivity contribution in [1.82, 2.24) is 19.1 Å². The molecule has 1 saturated heterocycles. The Bertz CT molecular complexity index is 1370. The molecule has 4 heterocycles. The van der Waals surface area contributed by atoms with Crippen LogP contribution in [0.4, 0.5) is 10.3 Å². The summed E-state index contributed by atoms with van der Waals surface area (Å²) < 4.78 is 33.1. The van der Waals surface area contributed by atoms with Gasteiger partial charge >= 0.3 is 23.6 Å². The zero-order chi connectivity index (χ0) is 25.4. The number of esters is 2. The van der Waals surface area contributed by atoms with Gasteiger partial charge in [0.1, 0.15) is 18.2 Å². The van der Waals surface area contributed by atoms with Crippen molar-refractivity contribution >= 4 is 46.4 Å². The maximum Gasteiger partial charge on any atom is 0.336 e. The van der Waals surface area contributed by atoms with Crippen molar-refractivity contribution in [2.24, 2.45) is 0 Å². The van der Waals surface area contributed by atoms with Crippen molar-refractivity contribution in [1.29, 1.82) is 0 Å². The average Bonchev–Trinajstić information content (AvgIpc) is 3.43. The van der Waals surface area contributed by atoms with Crippen LogP contribution < -0.4 is 11.4 Å². The number of nitrogens with zero attached hydrogens (tertiary/aromatic N) is 4. The fourth-order valence-electron chi connectivity index (χ4n) is 3.74. The van der Waals surface area contributed by atoms with E-state index in [1.54, 1.807) is 0 Å². The number of ether oxygens (including phenoxy) is 3. The molecule has 3 aromatic rings. The number of thiophene rings is 1. The molecule has 1 aliphatic rings. The molecule has 0 aromatic carbocycles. The second kappa shape index (κ2) is 9.42. The Hall–Kier alpha value is -3.85. The summed E-state index contributed by atoms with van der Waals surface area (Å²) in [5.41, 5.74) is 5.26. The van der Waals surface area contributed by atoms with Crippen LogP contribution in [0.2, 0.25) is 0 Å². The highest BCUT2D eigenvalue weighted by molar-refractivity contribution is 7.10. The van der Waals surface area contributed by atoms with E-state index in [1.165, 1.54) is 22.2 Å². The number of aromatic carboxylic acids is 1. The van der Waals surface area contributed by atoms with Gasteiger partial charge in [-0.15, -0.1) is 11.3 Å². The van der Waals surface area contributed by atoms with Gasteiger partial charge in [-0.25, -0.2) is 23.5 Å². The quantitative estimate of drug-likeness (QED) is 0.429. The Morgan fingerprint density at radius 3 is 2.69 bits per heavy atom. The summed E-state index contributed by atoms with van der Waals surface area (Å²) in [5, 5.41) is 10.6. The van der Waals surface area contributed by atoms with Gasteiger partial charge in [0.15, 0.2) is 24.2 Å². The molecule has 4 atom stereocenters. The van der Waals surface area contributed by atoms with E-state index < -0.39 is 54.8 Å². The molecule has 0 spiro atoms. The lowest BCUT2D eigenvalue weighted by molar-refractivity contribution is -0.154. The zero-order valence-corrected chi connectivity index (χ0v) is 19.2. The predicted octanol–water partition coefficient (Wildman–Crippen LogP) is 0.713. The van der Waals surface area contributed by atoms with E-state index in [-0.39, 0.29) is 29.2 Å². The number of nitrogen functional groups attached to an aromatic ring is 1. The van der Waals surface area contributed by atoms with E-state index in [1.807, 2.05) is 0 Å². The van der Waals surface area contributed by atoms with Crippen molar-refractivity contribution in [2.75, 3.05) is 12.3 Å². The second-order valence-corrected chi connectivity index (χ2v) is 8.66. The number of carboxylic acid groups (broad SMARTS) is 1. The number of rotatable bonds is 7. The van der Waals surface area contributed by atoms with Crippen molar-refractivity contribution in [2.45, 2.75) is 45.0 Å². The third kappa shape index (κ3) is 4.72. The van der Waals surface area contributed by atoms with E-state index in [0.717, 1.165) is 29.8 Å². The average molecular weight is 509 g/mol. The number of nitrogens with two attached hydrogens (primary N) is 1. The minimum Gasteiger partial charge on any atom is -0.478 e. The van der Waals surface area contributed by atoms with E-state index >= 15 is 4.39 Å². The van der Waals surface area contributed by atoms with E-state index in [9.17, 15) is 24.3 Å². The fourth-order valence-corrected chi connectivity index (χ4v) is 4.58. The summed E-state index contributed by atoms with van der Waals surface area (Å²) in [6, 6.07) is 1.42. The Morgan fingerprint density at radius 1 is 1.31 bits per heavy atom. The van der Waals surface area contributed by atoms with Crippen LogP contribution in [0.15, 0.2) is 22.4 Å². The van der Waals surface area contributed by atoms with Crippen LogP contribution in [-0.4, -0.2) is 67.1 Å². The van der Waals surface area contributed by atoms with E-state index in [0.29, 0.717) is 4.88 Å². The molecular weight excluding hydrogens is 489 g/mol. The van der Waals surface area contributed by atoms with Crippen LogP contribution in [0.3, 0.4) is 0 Å². The molecule has 0 radical (unpaired) electrons. The van der Waals surface area contributed by atoms with Gasteiger partial charge in [-0.2, -0.15) is 4.98 Å². The summed E-state index contributed by atoms with van der Waals surface area (Å²) in [6.07, 6.45) is -4.98. The third-order valence-electron chi connectivity index (χ3n) is 5.21. The summed E-state index contributed by atoms with van der Waals surface area (Å²) in [7, 11) is 0. The van der Waals surface area contributed by atoms with Gasteiger partial charge in [0.05, 0.1) is 18.3 Å². The molecule has 3 aromatic heterocycles. The lowest BCUT2D eigenvalue weighted by Gasteiger charge is -2.19. The number of anilines is 1. The maximum atomic E-state index is 15.2. The van der Waals surface area contributed by atoms with Crippen molar-refractivity contribution in [3.8, 4) is 0 Å². The molecule has 1 fully saturated rings. The number of hydrogen-bond acceptors (Lipinski definition) is 11. The molecular formula is C20H20FN5O8S. The minimum atomic E-state index is -1.93.